The van der Waals surface area contributed by atoms with Crippen LogP contribution < -0.4 is 0 Å². The maximum Gasteiger partial charge on any atom is 0.0993 e. The van der Waals surface area contributed by atoms with Gasteiger partial charge in [-0.05, 0) is 49.1 Å². The molecule has 1 nitrogen and oxygen atoms in total. The average molecular weight is 210 g/mol. The smallest absolute Gasteiger partial charge is 0.0993 e. The molecule has 1 aliphatic rings. The highest BCUT2D eigenvalue weighted by atomic mass is 32.1. The summed E-state index contributed by atoms with van der Waals surface area (Å²) in [6.45, 7) is 4.34. The van der Waals surface area contributed by atoms with Gasteiger partial charge in [-0.2, -0.15) is 0 Å². The van der Waals surface area contributed by atoms with E-state index in [9.17, 15) is 5.11 Å². The van der Waals surface area contributed by atoms with Crippen LogP contribution in [0.15, 0.2) is 11.4 Å². The van der Waals surface area contributed by atoms with E-state index < -0.39 is 5.60 Å². The Labute approximate surface area is 89.8 Å². The molecule has 1 N–H and O–H groups in total. The average Bonchev–Trinajstić information content (AvgIpc) is 2.51. The van der Waals surface area contributed by atoms with Crippen molar-refractivity contribution >= 4 is 11.3 Å². The van der Waals surface area contributed by atoms with Crippen LogP contribution in [0, 0.1) is 12.8 Å². The second-order valence-electron chi connectivity index (χ2n) is 4.67. The lowest BCUT2D eigenvalue weighted by Crippen LogP contribution is -2.31. The van der Waals surface area contributed by atoms with Crippen LogP contribution in [0.4, 0.5) is 0 Å². The Morgan fingerprint density at radius 1 is 1.57 bits per heavy atom. The summed E-state index contributed by atoms with van der Waals surface area (Å²) in [7, 11) is 0. The number of aliphatic hydroxyl groups is 1. The minimum atomic E-state index is -0.518. The van der Waals surface area contributed by atoms with Gasteiger partial charge in [0.05, 0.1) is 5.60 Å². The van der Waals surface area contributed by atoms with Crippen molar-refractivity contribution in [1.29, 1.82) is 0 Å². The second-order valence-corrected chi connectivity index (χ2v) is 5.58. The highest BCUT2D eigenvalue weighted by Gasteiger charge is 2.36. The molecule has 2 unspecified atom stereocenters. The van der Waals surface area contributed by atoms with E-state index in [0.29, 0.717) is 5.92 Å². The van der Waals surface area contributed by atoms with Crippen LogP contribution in [0.25, 0.3) is 0 Å². The summed E-state index contributed by atoms with van der Waals surface area (Å²) < 4.78 is 0. The first kappa shape index (κ1) is 10.2. The number of rotatable bonds is 1. The quantitative estimate of drug-likeness (QED) is 0.752. The Morgan fingerprint density at radius 2 is 2.36 bits per heavy atom. The summed E-state index contributed by atoms with van der Waals surface area (Å²) in [6.07, 6.45) is 4.31. The second kappa shape index (κ2) is 3.67. The predicted octanol–water partition coefficient (Wildman–Crippen LogP) is 3.45. The van der Waals surface area contributed by atoms with E-state index in [-0.39, 0.29) is 0 Å². The number of aryl methyl sites for hydroxylation is 1. The Kier molecular flexibility index (Phi) is 2.67. The normalized spacial score (nSPS) is 33.2. The van der Waals surface area contributed by atoms with Gasteiger partial charge >= 0.3 is 0 Å². The lowest BCUT2D eigenvalue weighted by atomic mass is 9.77. The molecule has 0 amide bonds. The van der Waals surface area contributed by atoms with E-state index >= 15 is 0 Å². The molecule has 78 valence electrons. The molecular weight excluding hydrogens is 192 g/mol. The summed E-state index contributed by atoms with van der Waals surface area (Å²) in [5.74, 6) is 0.662. The fourth-order valence-corrected chi connectivity index (χ4v) is 3.65. The van der Waals surface area contributed by atoms with E-state index in [1.165, 1.54) is 16.9 Å². The van der Waals surface area contributed by atoms with Gasteiger partial charge in [-0.25, -0.2) is 0 Å². The van der Waals surface area contributed by atoms with Crippen molar-refractivity contribution in [2.24, 2.45) is 5.92 Å². The van der Waals surface area contributed by atoms with Gasteiger partial charge in [-0.1, -0.05) is 13.3 Å². The molecule has 2 atom stereocenters. The van der Waals surface area contributed by atoms with E-state index in [0.717, 1.165) is 19.3 Å². The summed E-state index contributed by atoms with van der Waals surface area (Å²) >= 11 is 1.71. The van der Waals surface area contributed by atoms with Crippen LogP contribution in [-0.2, 0) is 5.60 Å². The molecule has 2 heteroatoms. The zero-order chi connectivity index (χ0) is 10.2. The molecule has 0 bridgehead atoms. The topological polar surface area (TPSA) is 20.2 Å². The molecule has 2 rings (SSSR count). The molecule has 0 radical (unpaired) electrons. The zero-order valence-electron chi connectivity index (χ0n) is 8.92. The van der Waals surface area contributed by atoms with Crippen LogP contribution in [0.3, 0.4) is 0 Å². The third-order valence-corrected chi connectivity index (χ3v) is 4.47. The number of hydrogen-bond acceptors (Lipinski definition) is 2. The molecule has 0 saturated heterocycles. The van der Waals surface area contributed by atoms with E-state index in [2.05, 4.69) is 25.3 Å². The molecule has 14 heavy (non-hydrogen) atoms. The molecule has 0 spiro atoms. The first-order valence-corrected chi connectivity index (χ1v) is 6.27. The van der Waals surface area contributed by atoms with Crippen molar-refractivity contribution in [1.82, 2.24) is 0 Å². The van der Waals surface area contributed by atoms with E-state index in [1.807, 2.05) is 0 Å². The molecule has 0 aliphatic heterocycles. The van der Waals surface area contributed by atoms with Gasteiger partial charge in [0.2, 0.25) is 0 Å². The lowest BCUT2D eigenvalue weighted by molar-refractivity contribution is -0.0150. The number of hydrogen-bond donors (Lipinski definition) is 1. The van der Waals surface area contributed by atoms with Gasteiger partial charge < -0.3 is 5.11 Å². The molecule has 1 saturated carbocycles. The summed E-state index contributed by atoms with van der Waals surface area (Å²) in [5, 5.41) is 12.7. The Bertz CT molecular complexity index is 318. The summed E-state index contributed by atoms with van der Waals surface area (Å²) in [5.41, 5.74) is 0.738. The van der Waals surface area contributed by atoms with Gasteiger partial charge in [-0.3, -0.25) is 0 Å². The third-order valence-electron chi connectivity index (χ3n) is 3.26. The van der Waals surface area contributed by atoms with Crippen molar-refractivity contribution in [2.45, 2.75) is 45.1 Å². The minimum absolute atomic E-state index is 0.518. The summed E-state index contributed by atoms with van der Waals surface area (Å²) in [6, 6.07) is 2.11. The molecular formula is C12H18OS. The SMILES string of the molecule is Cc1ccsc1C1(O)CCCC(C)C1. The predicted molar refractivity (Wildman–Crippen MR) is 60.6 cm³/mol. The van der Waals surface area contributed by atoms with Gasteiger partial charge in [0.25, 0.3) is 0 Å². The van der Waals surface area contributed by atoms with Crippen LogP contribution in [0.1, 0.15) is 43.0 Å². The summed E-state index contributed by atoms with van der Waals surface area (Å²) in [4.78, 5) is 1.20. The third kappa shape index (κ3) is 1.73. The number of thiophene rings is 1. The molecule has 1 heterocycles. The fraction of sp³-hybridized carbons (Fsp3) is 0.667. The van der Waals surface area contributed by atoms with Crippen LogP contribution in [0.2, 0.25) is 0 Å². The standard InChI is InChI=1S/C12H18OS/c1-9-4-3-6-12(13,8-9)11-10(2)5-7-14-11/h5,7,9,13H,3-4,6,8H2,1-2H3. The van der Waals surface area contributed by atoms with Crippen LogP contribution >= 0.6 is 11.3 Å². The van der Waals surface area contributed by atoms with E-state index in [4.69, 9.17) is 0 Å². The molecule has 1 aromatic heterocycles. The van der Waals surface area contributed by atoms with Gasteiger partial charge in [0.15, 0.2) is 0 Å². The minimum Gasteiger partial charge on any atom is -0.384 e. The van der Waals surface area contributed by atoms with Crippen molar-refractivity contribution in [2.75, 3.05) is 0 Å². The van der Waals surface area contributed by atoms with Crippen molar-refractivity contribution in [3.05, 3.63) is 21.9 Å². The Hall–Kier alpha value is -0.340. The fourth-order valence-electron chi connectivity index (χ4n) is 2.58. The molecule has 1 fully saturated rings. The monoisotopic (exact) mass is 210 g/mol. The van der Waals surface area contributed by atoms with Crippen LogP contribution in [0.5, 0.6) is 0 Å². The molecule has 0 aromatic carbocycles. The molecule has 1 aromatic rings. The lowest BCUT2D eigenvalue weighted by Gasteiger charge is -2.35. The maximum absolute atomic E-state index is 10.6. The van der Waals surface area contributed by atoms with Crippen molar-refractivity contribution in [3.8, 4) is 0 Å². The molecule has 1 aliphatic carbocycles. The highest BCUT2D eigenvalue weighted by molar-refractivity contribution is 7.10. The Morgan fingerprint density at radius 3 is 2.93 bits per heavy atom. The zero-order valence-corrected chi connectivity index (χ0v) is 9.73. The van der Waals surface area contributed by atoms with Crippen molar-refractivity contribution < 1.29 is 5.11 Å². The first-order chi connectivity index (χ1) is 6.62. The van der Waals surface area contributed by atoms with Gasteiger partial charge in [-0.15, -0.1) is 11.3 Å². The van der Waals surface area contributed by atoms with E-state index in [1.54, 1.807) is 11.3 Å². The Balaban J connectivity index is 2.27. The highest BCUT2D eigenvalue weighted by Crippen LogP contribution is 2.42. The van der Waals surface area contributed by atoms with Gasteiger partial charge in [0, 0.05) is 4.88 Å². The van der Waals surface area contributed by atoms with Gasteiger partial charge in [0.1, 0.15) is 0 Å². The van der Waals surface area contributed by atoms with Crippen LogP contribution in [-0.4, -0.2) is 5.11 Å². The van der Waals surface area contributed by atoms with Crippen molar-refractivity contribution in [3.63, 3.8) is 0 Å². The maximum atomic E-state index is 10.6. The first-order valence-electron chi connectivity index (χ1n) is 5.39. The largest absolute Gasteiger partial charge is 0.384 e.